The minimum absolute atomic E-state index is 0.0000733. The molecule has 1 aliphatic carbocycles. The van der Waals surface area contributed by atoms with E-state index in [0.717, 1.165) is 72.9 Å². The standard InChI is InChI=1S/C32H44N4O4/c1-4-6-13-30-34-28-21-24(20-23-14-17-26(18-15-23)40-27(10-5-2)22-31(37)38)16-19-29(28)36(30)35(3)32(39)33-25-11-8-7-9-12-25/h14-19,21,25,27H,4-13,20,22H2,1-3H3,(H,33,39)(H,37,38). The van der Waals surface area contributed by atoms with Crippen molar-refractivity contribution >= 4 is 23.0 Å². The first-order valence-corrected chi connectivity index (χ1v) is 14.9. The number of benzene rings is 2. The number of aliphatic carboxylic acids is 1. The molecule has 0 spiro atoms. The number of rotatable bonds is 13. The largest absolute Gasteiger partial charge is 0.490 e. The molecule has 1 atom stereocenters. The Hall–Kier alpha value is -3.55. The third-order valence-corrected chi connectivity index (χ3v) is 7.69. The number of nitrogens with zero attached hydrogens (tertiary/aromatic N) is 3. The molecule has 216 valence electrons. The zero-order valence-electron chi connectivity index (χ0n) is 24.2. The zero-order valence-corrected chi connectivity index (χ0v) is 24.2. The molecule has 2 N–H and O–H groups in total. The summed E-state index contributed by atoms with van der Waals surface area (Å²) in [5, 5.41) is 14.1. The molecule has 2 aromatic carbocycles. The van der Waals surface area contributed by atoms with Crippen LogP contribution in [0.15, 0.2) is 42.5 Å². The van der Waals surface area contributed by atoms with Crippen LogP contribution in [0.1, 0.15) is 95.0 Å². The van der Waals surface area contributed by atoms with Crippen LogP contribution in [-0.4, -0.2) is 46.0 Å². The summed E-state index contributed by atoms with van der Waals surface area (Å²) < 4.78 is 7.91. The van der Waals surface area contributed by atoms with Gasteiger partial charge in [0, 0.05) is 19.5 Å². The van der Waals surface area contributed by atoms with E-state index in [-0.39, 0.29) is 24.6 Å². The number of urea groups is 1. The van der Waals surface area contributed by atoms with Gasteiger partial charge in [0.25, 0.3) is 0 Å². The van der Waals surface area contributed by atoms with E-state index in [4.69, 9.17) is 14.8 Å². The van der Waals surface area contributed by atoms with Gasteiger partial charge in [0.2, 0.25) is 0 Å². The Morgan fingerprint density at radius 2 is 1.80 bits per heavy atom. The van der Waals surface area contributed by atoms with Gasteiger partial charge in [0.05, 0.1) is 17.5 Å². The van der Waals surface area contributed by atoms with E-state index in [1.54, 1.807) is 5.01 Å². The van der Waals surface area contributed by atoms with E-state index in [9.17, 15) is 9.59 Å². The van der Waals surface area contributed by atoms with Crippen LogP contribution in [-0.2, 0) is 17.6 Å². The van der Waals surface area contributed by atoms with Gasteiger partial charge in [-0.1, -0.05) is 64.2 Å². The normalized spacial score (nSPS) is 14.7. The van der Waals surface area contributed by atoms with E-state index in [1.165, 1.54) is 19.3 Å². The zero-order chi connectivity index (χ0) is 28.5. The van der Waals surface area contributed by atoms with Gasteiger partial charge in [-0.05, 0) is 67.5 Å². The summed E-state index contributed by atoms with van der Waals surface area (Å²) in [6.45, 7) is 4.19. The number of ether oxygens (including phenoxy) is 1. The van der Waals surface area contributed by atoms with Crippen LogP contribution in [0.4, 0.5) is 4.79 Å². The van der Waals surface area contributed by atoms with Gasteiger partial charge >= 0.3 is 12.0 Å². The fraction of sp³-hybridized carbons (Fsp3) is 0.531. The highest BCUT2D eigenvalue weighted by Gasteiger charge is 2.22. The lowest BCUT2D eigenvalue weighted by molar-refractivity contribution is -0.138. The quantitative estimate of drug-likeness (QED) is 0.251. The van der Waals surface area contributed by atoms with Crippen LogP contribution in [0.3, 0.4) is 0 Å². The van der Waals surface area contributed by atoms with Crippen LogP contribution >= 0.6 is 0 Å². The number of amides is 2. The molecule has 3 aromatic rings. The number of fused-ring (bicyclic) bond motifs is 1. The fourth-order valence-electron chi connectivity index (χ4n) is 5.54. The first-order valence-electron chi connectivity index (χ1n) is 14.9. The number of unbranched alkanes of at least 4 members (excludes halogenated alkanes) is 1. The number of carbonyl (C=O) groups is 2. The number of carboxylic acids is 1. The van der Waals surface area contributed by atoms with Crippen molar-refractivity contribution in [2.45, 2.75) is 103 Å². The molecule has 8 heteroatoms. The first-order chi connectivity index (χ1) is 19.4. The van der Waals surface area contributed by atoms with Crippen molar-refractivity contribution in [1.29, 1.82) is 0 Å². The highest BCUT2D eigenvalue weighted by atomic mass is 16.5. The number of aryl methyl sites for hydroxylation is 1. The average molecular weight is 549 g/mol. The second kappa shape index (κ2) is 14.2. The maximum absolute atomic E-state index is 13.2. The molecule has 0 radical (unpaired) electrons. The van der Waals surface area contributed by atoms with Crippen molar-refractivity contribution in [3.8, 4) is 5.75 Å². The lowest BCUT2D eigenvalue weighted by atomic mass is 9.96. The van der Waals surface area contributed by atoms with Crippen LogP contribution in [0.25, 0.3) is 11.0 Å². The first kappa shape index (κ1) is 29.4. The van der Waals surface area contributed by atoms with E-state index in [2.05, 4.69) is 30.4 Å². The molecule has 1 saturated carbocycles. The summed E-state index contributed by atoms with van der Waals surface area (Å²) in [5.74, 6) is 0.745. The molecule has 8 nitrogen and oxygen atoms in total. The number of aromatic nitrogens is 2. The Kier molecular flexibility index (Phi) is 10.4. The van der Waals surface area contributed by atoms with E-state index in [0.29, 0.717) is 12.2 Å². The van der Waals surface area contributed by atoms with Crippen molar-refractivity contribution in [3.63, 3.8) is 0 Å². The third-order valence-electron chi connectivity index (χ3n) is 7.69. The number of carboxylic acid groups (broad SMARTS) is 1. The van der Waals surface area contributed by atoms with Gasteiger partial charge in [0.15, 0.2) is 0 Å². The summed E-state index contributed by atoms with van der Waals surface area (Å²) in [4.78, 5) is 29.3. The highest BCUT2D eigenvalue weighted by Crippen LogP contribution is 2.24. The van der Waals surface area contributed by atoms with Crippen LogP contribution < -0.4 is 15.1 Å². The smallest absolute Gasteiger partial charge is 0.336 e. The molecule has 0 aliphatic heterocycles. The minimum Gasteiger partial charge on any atom is -0.490 e. The van der Waals surface area contributed by atoms with Crippen molar-refractivity contribution in [3.05, 3.63) is 59.4 Å². The topological polar surface area (TPSA) is 96.7 Å². The molecule has 1 aliphatic rings. The summed E-state index contributed by atoms with van der Waals surface area (Å²) in [5.41, 5.74) is 4.08. The SMILES string of the molecule is CCCCc1nc2cc(Cc3ccc(OC(CCC)CC(=O)O)cc3)ccc2n1N(C)C(=O)NC1CCCCC1. The predicted molar refractivity (Wildman–Crippen MR) is 159 cm³/mol. The number of hydrogen-bond donors (Lipinski definition) is 2. The molecular formula is C32H44N4O4. The van der Waals surface area contributed by atoms with Gasteiger partial charge in [0.1, 0.15) is 17.7 Å². The summed E-state index contributed by atoms with van der Waals surface area (Å²) in [6.07, 6.45) is 10.6. The van der Waals surface area contributed by atoms with Crippen molar-refractivity contribution < 1.29 is 19.4 Å². The fourth-order valence-corrected chi connectivity index (χ4v) is 5.54. The van der Waals surface area contributed by atoms with Crippen molar-refractivity contribution in [2.75, 3.05) is 12.1 Å². The molecule has 40 heavy (non-hydrogen) atoms. The Morgan fingerprint density at radius 1 is 1.07 bits per heavy atom. The molecule has 1 fully saturated rings. The maximum atomic E-state index is 13.2. The van der Waals surface area contributed by atoms with Gasteiger partial charge < -0.3 is 15.2 Å². The highest BCUT2D eigenvalue weighted by molar-refractivity contribution is 5.87. The second-order valence-corrected chi connectivity index (χ2v) is 11.0. The van der Waals surface area contributed by atoms with Gasteiger partial charge in [-0.15, -0.1) is 0 Å². The third kappa shape index (κ3) is 7.77. The van der Waals surface area contributed by atoms with Gasteiger partial charge in [-0.3, -0.25) is 4.79 Å². The Balaban J connectivity index is 1.49. The predicted octanol–water partition coefficient (Wildman–Crippen LogP) is 6.60. The van der Waals surface area contributed by atoms with Crippen molar-refractivity contribution in [1.82, 2.24) is 15.0 Å². The molecule has 4 rings (SSSR count). The lowest BCUT2D eigenvalue weighted by Gasteiger charge is -2.27. The summed E-state index contributed by atoms with van der Waals surface area (Å²) in [7, 11) is 1.83. The molecule has 0 saturated heterocycles. The number of imidazole rings is 1. The molecule has 0 bridgehead atoms. The van der Waals surface area contributed by atoms with Crippen LogP contribution in [0.2, 0.25) is 0 Å². The molecule has 1 heterocycles. The minimum atomic E-state index is -0.846. The Bertz CT molecular complexity index is 1260. The molecular weight excluding hydrogens is 504 g/mol. The Morgan fingerprint density at radius 3 is 2.48 bits per heavy atom. The van der Waals surface area contributed by atoms with E-state index in [1.807, 2.05) is 42.9 Å². The number of hydrogen-bond acceptors (Lipinski definition) is 4. The molecule has 1 aromatic heterocycles. The van der Waals surface area contributed by atoms with E-state index >= 15 is 0 Å². The maximum Gasteiger partial charge on any atom is 0.336 e. The Labute approximate surface area is 237 Å². The molecule has 2 amide bonds. The average Bonchev–Trinajstić information content (AvgIpc) is 3.30. The number of nitrogens with one attached hydrogen (secondary N) is 1. The van der Waals surface area contributed by atoms with Gasteiger partial charge in [-0.2, -0.15) is 0 Å². The second-order valence-electron chi connectivity index (χ2n) is 11.0. The summed E-state index contributed by atoms with van der Waals surface area (Å²) in [6, 6.07) is 14.3. The van der Waals surface area contributed by atoms with E-state index < -0.39 is 5.97 Å². The van der Waals surface area contributed by atoms with Crippen LogP contribution in [0.5, 0.6) is 5.75 Å². The van der Waals surface area contributed by atoms with Crippen molar-refractivity contribution in [2.24, 2.45) is 0 Å². The van der Waals surface area contributed by atoms with Gasteiger partial charge in [-0.25, -0.2) is 19.5 Å². The molecule has 1 unspecified atom stereocenters. The monoisotopic (exact) mass is 548 g/mol. The number of carbonyl (C=O) groups excluding carboxylic acids is 1. The summed E-state index contributed by atoms with van der Waals surface area (Å²) >= 11 is 0. The van der Waals surface area contributed by atoms with Crippen LogP contribution in [0, 0.1) is 0 Å². The lowest BCUT2D eigenvalue weighted by Crippen LogP contribution is -2.48.